The molecular formula is C15H21N3. The van der Waals surface area contributed by atoms with E-state index in [1.54, 1.807) is 0 Å². The van der Waals surface area contributed by atoms with Gasteiger partial charge < -0.3 is 10.3 Å². The summed E-state index contributed by atoms with van der Waals surface area (Å²) in [7, 11) is 2.02. The van der Waals surface area contributed by atoms with Crippen molar-refractivity contribution in [2.75, 3.05) is 0 Å². The Balaban J connectivity index is 2.31. The summed E-state index contributed by atoms with van der Waals surface area (Å²) in [4.78, 5) is 4.61. The van der Waals surface area contributed by atoms with E-state index in [-0.39, 0.29) is 0 Å². The molecule has 3 nitrogen and oxygen atoms in total. The van der Waals surface area contributed by atoms with E-state index in [1.165, 1.54) is 22.4 Å². The van der Waals surface area contributed by atoms with Crippen LogP contribution in [0.5, 0.6) is 0 Å². The van der Waals surface area contributed by atoms with Gasteiger partial charge >= 0.3 is 0 Å². The minimum atomic E-state index is 0.490. The SMILES string of the molecule is Cc1ccc(Cc2nc(CN)n(C)c2C)cc1C. The third-order valence-electron chi connectivity index (χ3n) is 3.70. The van der Waals surface area contributed by atoms with Crippen molar-refractivity contribution in [2.24, 2.45) is 12.8 Å². The van der Waals surface area contributed by atoms with E-state index in [0.29, 0.717) is 6.54 Å². The molecule has 0 unspecified atom stereocenters. The normalized spacial score (nSPS) is 10.9. The van der Waals surface area contributed by atoms with Crippen molar-refractivity contribution in [3.63, 3.8) is 0 Å². The molecule has 0 atom stereocenters. The minimum Gasteiger partial charge on any atom is -0.334 e. The number of aromatic nitrogens is 2. The Labute approximate surface area is 109 Å². The molecule has 0 spiro atoms. The summed E-state index contributed by atoms with van der Waals surface area (Å²) < 4.78 is 2.08. The second-order valence-corrected chi connectivity index (χ2v) is 4.92. The number of benzene rings is 1. The summed E-state index contributed by atoms with van der Waals surface area (Å²) in [5.41, 5.74) is 12.0. The highest BCUT2D eigenvalue weighted by atomic mass is 15.1. The highest BCUT2D eigenvalue weighted by molar-refractivity contribution is 5.33. The Morgan fingerprint density at radius 1 is 1.17 bits per heavy atom. The first-order chi connectivity index (χ1) is 8.52. The van der Waals surface area contributed by atoms with Gasteiger partial charge in [-0.05, 0) is 37.5 Å². The Kier molecular flexibility index (Phi) is 3.53. The topological polar surface area (TPSA) is 43.8 Å². The fourth-order valence-corrected chi connectivity index (χ4v) is 2.16. The number of nitrogens with two attached hydrogens (primary N) is 1. The summed E-state index contributed by atoms with van der Waals surface area (Å²) in [6, 6.07) is 6.59. The molecule has 96 valence electrons. The molecule has 0 fully saturated rings. The zero-order chi connectivity index (χ0) is 13.3. The minimum absolute atomic E-state index is 0.490. The standard InChI is InChI=1S/C15H21N3/c1-10-5-6-13(7-11(10)2)8-14-12(3)18(4)15(9-16)17-14/h5-7H,8-9,16H2,1-4H3. The first-order valence-corrected chi connectivity index (χ1v) is 6.30. The molecule has 2 aromatic rings. The van der Waals surface area contributed by atoms with E-state index in [4.69, 9.17) is 5.73 Å². The van der Waals surface area contributed by atoms with E-state index in [9.17, 15) is 0 Å². The number of hydrogen-bond donors (Lipinski definition) is 1. The maximum atomic E-state index is 5.69. The Morgan fingerprint density at radius 2 is 1.89 bits per heavy atom. The van der Waals surface area contributed by atoms with Crippen molar-refractivity contribution in [3.05, 3.63) is 52.1 Å². The van der Waals surface area contributed by atoms with Crippen LogP contribution >= 0.6 is 0 Å². The molecule has 0 radical (unpaired) electrons. The predicted octanol–water partition coefficient (Wildman–Crippen LogP) is 2.39. The van der Waals surface area contributed by atoms with E-state index in [1.807, 2.05) is 7.05 Å². The zero-order valence-electron chi connectivity index (χ0n) is 11.6. The molecule has 18 heavy (non-hydrogen) atoms. The lowest BCUT2D eigenvalue weighted by Gasteiger charge is -2.05. The molecular weight excluding hydrogens is 222 g/mol. The molecule has 0 saturated heterocycles. The van der Waals surface area contributed by atoms with Gasteiger partial charge in [0.1, 0.15) is 5.82 Å². The molecule has 0 saturated carbocycles. The largest absolute Gasteiger partial charge is 0.334 e. The van der Waals surface area contributed by atoms with Crippen molar-refractivity contribution in [1.29, 1.82) is 0 Å². The van der Waals surface area contributed by atoms with Gasteiger partial charge in [-0.25, -0.2) is 4.98 Å². The van der Waals surface area contributed by atoms with Crippen molar-refractivity contribution < 1.29 is 0 Å². The molecule has 1 heterocycles. The third kappa shape index (κ3) is 2.31. The van der Waals surface area contributed by atoms with Crippen LogP contribution in [-0.4, -0.2) is 9.55 Å². The first kappa shape index (κ1) is 12.8. The molecule has 2 rings (SSSR count). The van der Waals surface area contributed by atoms with Crippen LogP contribution in [0.3, 0.4) is 0 Å². The van der Waals surface area contributed by atoms with E-state index >= 15 is 0 Å². The van der Waals surface area contributed by atoms with Gasteiger partial charge in [0, 0.05) is 19.2 Å². The van der Waals surface area contributed by atoms with Crippen LogP contribution < -0.4 is 5.73 Å². The fourth-order valence-electron chi connectivity index (χ4n) is 2.16. The molecule has 1 aromatic heterocycles. The van der Waals surface area contributed by atoms with E-state index < -0.39 is 0 Å². The van der Waals surface area contributed by atoms with Gasteiger partial charge in [-0.1, -0.05) is 18.2 Å². The Hall–Kier alpha value is -1.61. The van der Waals surface area contributed by atoms with Gasteiger partial charge in [0.25, 0.3) is 0 Å². The van der Waals surface area contributed by atoms with Gasteiger partial charge in [0.15, 0.2) is 0 Å². The summed E-state index contributed by atoms with van der Waals surface area (Å²) in [5.74, 6) is 0.950. The van der Waals surface area contributed by atoms with Gasteiger partial charge in [-0.15, -0.1) is 0 Å². The highest BCUT2D eigenvalue weighted by Gasteiger charge is 2.10. The van der Waals surface area contributed by atoms with Gasteiger partial charge in [0.2, 0.25) is 0 Å². The maximum Gasteiger partial charge on any atom is 0.122 e. The predicted molar refractivity (Wildman–Crippen MR) is 74.6 cm³/mol. The molecule has 3 heteroatoms. The van der Waals surface area contributed by atoms with E-state index in [2.05, 4.69) is 48.5 Å². The molecule has 1 aromatic carbocycles. The van der Waals surface area contributed by atoms with Crippen molar-refractivity contribution >= 4 is 0 Å². The molecule has 2 N–H and O–H groups in total. The zero-order valence-corrected chi connectivity index (χ0v) is 11.6. The summed E-state index contributed by atoms with van der Waals surface area (Å²) in [6.07, 6.45) is 0.876. The van der Waals surface area contributed by atoms with Gasteiger partial charge in [-0.2, -0.15) is 0 Å². The monoisotopic (exact) mass is 243 g/mol. The van der Waals surface area contributed by atoms with Crippen LogP contribution in [0.25, 0.3) is 0 Å². The number of nitrogens with zero attached hydrogens (tertiary/aromatic N) is 2. The number of hydrogen-bond acceptors (Lipinski definition) is 2. The average Bonchev–Trinajstić information content (AvgIpc) is 2.62. The summed E-state index contributed by atoms with van der Waals surface area (Å²) >= 11 is 0. The van der Waals surface area contributed by atoms with Crippen LogP contribution in [0, 0.1) is 20.8 Å². The van der Waals surface area contributed by atoms with Crippen LogP contribution in [-0.2, 0) is 20.0 Å². The van der Waals surface area contributed by atoms with Crippen LogP contribution in [0.4, 0.5) is 0 Å². The van der Waals surface area contributed by atoms with Crippen LogP contribution in [0.2, 0.25) is 0 Å². The average molecular weight is 243 g/mol. The number of imidazole rings is 1. The smallest absolute Gasteiger partial charge is 0.122 e. The van der Waals surface area contributed by atoms with Gasteiger partial charge in [0.05, 0.1) is 12.2 Å². The number of aryl methyl sites for hydroxylation is 2. The molecule has 0 amide bonds. The second-order valence-electron chi connectivity index (χ2n) is 4.92. The fraction of sp³-hybridized carbons (Fsp3) is 0.400. The second kappa shape index (κ2) is 4.94. The molecule has 0 bridgehead atoms. The first-order valence-electron chi connectivity index (χ1n) is 6.30. The van der Waals surface area contributed by atoms with Crippen LogP contribution in [0.1, 0.15) is 33.9 Å². The maximum absolute atomic E-state index is 5.69. The van der Waals surface area contributed by atoms with Gasteiger partial charge in [-0.3, -0.25) is 0 Å². The molecule has 0 aliphatic heterocycles. The lowest BCUT2D eigenvalue weighted by atomic mass is 10.0. The lowest BCUT2D eigenvalue weighted by molar-refractivity contribution is 0.774. The number of rotatable bonds is 3. The Morgan fingerprint density at radius 3 is 2.44 bits per heavy atom. The third-order valence-corrected chi connectivity index (χ3v) is 3.70. The van der Waals surface area contributed by atoms with Crippen molar-refractivity contribution in [3.8, 4) is 0 Å². The van der Waals surface area contributed by atoms with Crippen LogP contribution in [0.15, 0.2) is 18.2 Å². The highest BCUT2D eigenvalue weighted by Crippen LogP contribution is 2.16. The van der Waals surface area contributed by atoms with Crippen molar-refractivity contribution in [2.45, 2.75) is 33.7 Å². The van der Waals surface area contributed by atoms with Crippen molar-refractivity contribution in [1.82, 2.24) is 9.55 Å². The quantitative estimate of drug-likeness (QED) is 0.899. The molecule has 0 aliphatic rings. The summed E-state index contributed by atoms with van der Waals surface area (Å²) in [5, 5.41) is 0. The lowest BCUT2D eigenvalue weighted by Crippen LogP contribution is -2.05. The molecule has 0 aliphatic carbocycles. The van der Waals surface area contributed by atoms with E-state index in [0.717, 1.165) is 17.9 Å². The Bertz CT molecular complexity index is 567. The summed E-state index contributed by atoms with van der Waals surface area (Å²) in [6.45, 7) is 6.87.